The van der Waals surface area contributed by atoms with Crippen LogP contribution in [-0.2, 0) is 13.6 Å². The number of likely N-dealkylation sites (tertiary alicyclic amines) is 2. The Morgan fingerprint density at radius 3 is 2.61 bits per heavy atom. The highest BCUT2D eigenvalue weighted by molar-refractivity contribution is 5.92. The number of hydrogen-bond acceptors (Lipinski definition) is 3. The van der Waals surface area contributed by atoms with Gasteiger partial charge in [0.2, 0.25) is 0 Å². The van der Waals surface area contributed by atoms with Gasteiger partial charge in [-0.2, -0.15) is 0 Å². The molecule has 28 heavy (non-hydrogen) atoms. The second-order valence-electron chi connectivity index (χ2n) is 8.02. The minimum atomic E-state index is -0.781. The van der Waals surface area contributed by atoms with Gasteiger partial charge in [-0.25, -0.2) is 13.8 Å². The number of aryl methyl sites for hydroxylation is 1. The lowest BCUT2D eigenvalue weighted by molar-refractivity contribution is 0.0763. The summed E-state index contributed by atoms with van der Waals surface area (Å²) in [4.78, 5) is 20.8. The number of piperidine rings is 1. The number of aromatic nitrogens is 2. The highest BCUT2D eigenvalue weighted by Crippen LogP contribution is 2.33. The van der Waals surface area contributed by atoms with Gasteiger partial charge in [-0.3, -0.25) is 9.69 Å². The molecule has 5 nitrogen and oxygen atoms in total. The predicted octanol–water partition coefficient (Wildman–Crippen LogP) is 3.07. The van der Waals surface area contributed by atoms with Gasteiger partial charge in [-0.05, 0) is 50.3 Å². The third-order valence-corrected chi connectivity index (χ3v) is 6.27. The van der Waals surface area contributed by atoms with Crippen molar-refractivity contribution < 1.29 is 13.6 Å². The molecule has 3 heterocycles. The number of carbonyl (C=O) groups is 1. The van der Waals surface area contributed by atoms with Gasteiger partial charge in [0.15, 0.2) is 11.6 Å². The van der Waals surface area contributed by atoms with Gasteiger partial charge in [-0.15, -0.1) is 0 Å². The summed E-state index contributed by atoms with van der Waals surface area (Å²) in [6.45, 7) is 3.81. The smallest absolute Gasteiger partial charge is 0.272 e. The van der Waals surface area contributed by atoms with E-state index >= 15 is 0 Å². The molecule has 0 N–H and O–H groups in total. The molecule has 0 radical (unpaired) electrons. The van der Waals surface area contributed by atoms with Gasteiger partial charge in [0.05, 0.1) is 12.5 Å². The van der Waals surface area contributed by atoms with Crippen LogP contribution in [0, 0.1) is 23.5 Å². The van der Waals surface area contributed by atoms with Crippen LogP contribution in [0.3, 0.4) is 0 Å². The van der Waals surface area contributed by atoms with Gasteiger partial charge in [0.1, 0.15) is 5.69 Å². The molecule has 7 heteroatoms. The summed E-state index contributed by atoms with van der Waals surface area (Å²) < 4.78 is 29.1. The van der Waals surface area contributed by atoms with Crippen LogP contribution >= 0.6 is 0 Å². The fourth-order valence-corrected chi connectivity index (χ4v) is 4.58. The summed E-state index contributed by atoms with van der Waals surface area (Å²) in [6, 6.07) is 4.37. The van der Waals surface area contributed by atoms with E-state index in [2.05, 4.69) is 9.88 Å². The van der Waals surface area contributed by atoms with Gasteiger partial charge < -0.3 is 9.47 Å². The van der Waals surface area contributed by atoms with Gasteiger partial charge in [0.25, 0.3) is 5.91 Å². The van der Waals surface area contributed by atoms with Crippen molar-refractivity contribution in [2.45, 2.75) is 25.8 Å². The molecule has 1 atom stereocenters. The lowest BCUT2D eigenvalue weighted by Gasteiger charge is -2.35. The SMILES string of the molecule is Cn1cncc1C(=O)N1CC[C@H](C2CCN(Cc3cccc(F)c3F)CC2)C1. The molecule has 2 aliphatic heterocycles. The molecule has 1 aromatic carbocycles. The van der Waals surface area contributed by atoms with Gasteiger partial charge >= 0.3 is 0 Å². The number of halogens is 2. The van der Waals surface area contributed by atoms with E-state index in [1.165, 1.54) is 0 Å². The first-order valence-electron chi connectivity index (χ1n) is 9.93. The maximum absolute atomic E-state index is 13.9. The molecular formula is C21H26F2N4O. The maximum atomic E-state index is 13.9. The van der Waals surface area contributed by atoms with E-state index in [1.54, 1.807) is 29.2 Å². The maximum Gasteiger partial charge on any atom is 0.272 e. The molecule has 0 saturated carbocycles. The molecule has 2 fully saturated rings. The van der Waals surface area contributed by atoms with E-state index in [1.807, 2.05) is 11.9 Å². The molecule has 4 rings (SSSR count). The summed E-state index contributed by atoms with van der Waals surface area (Å²) in [6.07, 6.45) is 6.38. The van der Waals surface area contributed by atoms with Gasteiger partial charge in [-0.1, -0.05) is 12.1 Å². The molecular weight excluding hydrogens is 362 g/mol. The molecule has 2 aliphatic rings. The van der Waals surface area contributed by atoms with Crippen LogP contribution in [0.5, 0.6) is 0 Å². The molecule has 0 spiro atoms. The van der Waals surface area contributed by atoms with Crippen molar-refractivity contribution in [3.63, 3.8) is 0 Å². The summed E-state index contributed by atoms with van der Waals surface area (Å²) in [5.74, 6) is -0.356. The highest BCUT2D eigenvalue weighted by atomic mass is 19.2. The van der Waals surface area contributed by atoms with Crippen LogP contribution in [0.15, 0.2) is 30.7 Å². The van der Waals surface area contributed by atoms with E-state index < -0.39 is 11.6 Å². The average Bonchev–Trinajstić information content (AvgIpc) is 3.35. The lowest BCUT2D eigenvalue weighted by Crippen LogP contribution is -2.37. The number of benzene rings is 1. The zero-order valence-corrected chi connectivity index (χ0v) is 16.2. The number of imidazole rings is 1. The molecule has 1 aromatic heterocycles. The number of hydrogen-bond donors (Lipinski definition) is 0. The third kappa shape index (κ3) is 3.81. The number of rotatable bonds is 4. The highest BCUT2D eigenvalue weighted by Gasteiger charge is 2.34. The fourth-order valence-electron chi connectivity index (χ4n) is 4.58. The van der Waals surface area contributed by atoms with E-state index in [0.29, 0.717) is 29.6 Å². The van der Waals surface area contributed by atoms with Crippen LogP contribution in [0.1, 0.15) is 35.3 Å². The van der Waals surface area contributed by atoms with Crippen molar-refractivity contribution in [2.24, 2.45) is 18.9 Å². The van der Waals surface area contributed by atoms with E-state index in [9.17, 15) is 13.6 Å². The Morgan fingerprint density at radius 2 is 1.89 bits per heavy atom. The quantitative estimate of drug-likeness (QED) is 0.808. The van der Waals surface area contributed by atoms with Crippen LogP contribution in [-0.4, -0.2) is 51.4 Å². The Labute approximate surface area is 164 Å². The minimum absolute atomic E-state index is 0.0570. The summed E-state index contributed by atoms with van der Waals surface area (Å²) >= 11 is 0. The molecule has 2 saturated heterocycles. The average molecular weight is 388 g/mol. The topological polar surface area (TPSA) is 41.4 Å². The molecule has 0 aliphatic carbocycles. The normalized spacial score (nSPS) is 21.4. The Kier molecular flexibility index (Phi) is 5.44. The number of nitrogens with zero attached hydrogens (tertiary/aromatic N) is 4. The molecule has 1 amide bonds. The van der Waals surface area contributed by atoms with Crippen molar-refractivity contribution >= 4 is 5.91 Å². The van der Waals surface area contributed by atoms with Gasteiger partial charge in [0, 0.05) is 32.2 Å². The number of amides is 1. The second kappa shape index (κ2) is 7.99. The van der Waals surface area contributed by atoms with Crippen LogP contribution in [0.25, 0.3) is 0 Å². The fraction of sp³-hybridized carbons (Fsp3) is 0.524. The first-order chi connectivity index (χ1) is 13.5. The number of carbonyl (C=O) groups excluding carboxylic acids is 1. The monoisotopic (exact) mass is 388 g/mol. The van der Waals surface area contributed by atoms with Crippen LogP contribution < -0.4 is 0 Å². The standard InChI is InChI=1S/C21H26F2N4O/c1-25-14-24-11-19(25)21(28)27-10-7-16(13-27)15-5-8-26(9-6-15)12-17-3-2-4-18(22)20(17)23/h2-4,11,14-16H,5-10,12-13H2,1H3/t16-/m0/s1. The largest absolute Gasteiger partial charge is 0.337 e. The Bertz CT molecular complexity index is 845. The van der Waals surface area contributed by atoms with Crippen molar-refractivity contribution in [1.82, 2.24) is 19.4 Å². The zero-order valence-electron chi connectivity index (χ0n) is 16.2. The first kappa shape index (κ1) is 19.1. The van der Waals surface area contributed by atoms with E-state index in [4.69, 9.17) is 0 Å². The van der Waals surface area contributed by atoms with Crippen LogP contribution in [0.2, 0.25) is 0 Å². The van der Waals surface area contributed by atoms with Crippen molar-refractivity contribution in [3.8, 4) is 0 Å². The minimum Gasteiger partial charge on any atom is -0.337 e. The van der Waals surface area contributed by atoms with Crippen molar-refractivity contribution in [2.75, 3.05) is 26.2 Å². The predicted molar refractivity (Wildman–Crippen MR) is 102 cm³/mol. The van der Waals surface area contributed by atoms with E-state index in [-0.39, 0.29) is 5.91 Å². The molecule has 0 bridgehead atoms. The van der Waals surface area contributed by atoms with Crippen LogP contribution in [0.4, 0.5) is 8.78 Å². The Balaban J connectivity index is 1.29. The summed E-state index contributed by atoms with van der Waals surface area (Å²) in [5, 5.41) is 0. The van der Waals surface area contributed by atoms with Crippen molar-refractivity contribution in [1.29, 1.82) is 0 Å². The molecule has 2 aromatic rings. The lowest BCUT2D eigenvalue weighted by atomic mass is 9.83. The Morgan fingerprint density at radius 1 is 1.14 bits per heavy atom. The molecule has 0 unspecified atom stereocenters. The summed E-state index contributed by atoms with van der Waals surface area (Å²) in [7, 11) is 1.84. The molecule has 150 valence electrons. The van der Waals surface area contributed by atoms with E-state index in [0.717, 1.165) is 51.5 Å². The first-order valence-corrected chi connectivity index (χ1v) is 9.93. The second-order valence-corrected chi connectivity index (χ2v) is 8.02. The third-order valence-electron chi connectivity index (χ3n) is 6.27. The zero-order chi connectivity index (χ0) is 19.7. The Hall–Kier alpha value is -2.28. The van der Waals surface area contributed by atoms with Crippen molar-refractivity contribution in [3.05, 3.63) is 53.6 Å². The summed E-state index contributed by atoms with van der Waals surface area (Å²) in [5.41, 5.74) is 1.06.